The van der Waals surface area contributed by atoms with Crippen LogP contribution in [0.4, 0.5) is 0 Å². The molecule has 3 fully saturated rings. The Bertz CT molecular complexity index is 623. The summed E-state index contributed by atoms with van der Waals surface area (Å²) in [5.74, 6) is 2.21. The van der Waals surface area contributed by atoms with Crippen molar-refractivity contribution in [3.05, 3.63) is 11.6 Å². The second-order valence-corrected chi connectivity index (χ2v) is 9.07. The fourth-order valence-corrected chi connectivity index (χ4v) is 6.87. The highest BCUT2D eigenvalue weighted by atomic mass is 16.1. The molecule has 23 heavy (non-hydrogen) atoms. The standard InChI is InChI=1S/C21H30O2/c1-13(22)17-6-7-18-16-5-4-14-12-15(23)8-10-20(14,2)19(16)9-11-21(17,18)3/h12,16-19H,4-11H2,1-3H3/t16-,17+,18-,19-,20-,21+/m0/s1/i7D/t7-,16-,17+,18-,19-,20-,21+. The molecule has 0 aromatic heterocycles. The maximum atomic E-state index is 12.2. The fourth-order valence-electron chi connectivity index (χ4n) is 6.87. The molecule has 2 nitrogen and oxygen atoms in total. The molecular weight excluding hydrogens is 284 g/mol. The van der Waals surface area contributed by atoms with E-state index in [9.17, 15) is 9.59 Å². The zero-order valence-corrected chi connectivity index (χ0v) is 14.7. The number of Topliss-reactive ketones (excluding diaryl/α,β-unsaturated/α-hetero) is 1. The van der Waals surface area contributed by atoms with Crippen LogP contribution in [0.2, 0.25) is 0 Å². The second kappa shape index (κ2) is 5.04. The number of rotatable bonds is 1. The van der Waals surface area contributed by atoms with Crippen LogP contribution in [0.1, 0.15) is 73.5 Å². The van der Waals surface area contributed by atoms with E-state index in [-0.39, 0.29) is 23.1 Å². The van der Waals surface area contributed by atoms with Crippen molar-refractivity contribution < 1.29 is 11.0 Å². The van der Waals surface area contributed by atoms with Gasteiger partial charge in [0.1, 0.15) is 5.78 Å². The Kier molecular flexibility index (Phi) is 3.16. The summed E-state index contributed by atoms with van der Waals surface area (Å²) in [6, 6.07) is 0. The van der Waals surface area contributed by atoms with E-state index in [4.69, 9.17) is 1.37 Å². The maximum absolute atomic E-state index is 12.2. The van der Waals surface area contributed by atoms with Crippen LogP contribution in [0.15, 0.2) is 11.6 Å². The number of carbonyl (C=O) groups excluding carboxylic acids is 2. The topological polar surface area (TPSA) is 34.1 Å². The van der Waals surface area contributed by atoms with Gasteiger partial charge in [0.2, 0.25) is 0 Å². The Balaban J connectivity index is 1.70. The number of hydrogen-bond acceptors (Lipinski definition) is 2. The van der Waals surface area contributed by atoms with Crippen molar-refractivity contribution >= 4 is 11.6 Å². The normalized spacial score (nSPS) is 52.8. The molecule has 0 N–H and O–H groups in total. The van der Waals surface area contributed by atoms with Gasteiger partial charge in [-0.2, -0.15) is 0 Å². The van der Waals surface area contributed by atoms with E-state index in [1.54, 1.807) is 6.92 Å². The maximum Gasteiger partial charge on any atom is 0.155 e. The first-order valence-corrected chi connectivity index (χ1v) is 9.44. The smallest absolute Gasteiger partial charge is 0.155 e. The van der Waals surface area contributed by atoms with E-state index >= 15 is 0 Å². The van der Waals surface area contributed by atoms with Crippen molar-refractivity contribution in [3.8, 4) is 0 Å². The minimum atomic E-state index is -0.0870. The Morgan fingerprint density at radius 1 is 1.17 bits per heavy atom. The van der Waals surface area contributed by atoms with Crippen molar-refractivity contribution in [2.24, 2.45) is 34.5 Å². The van der Waals surface area contributed by atoms with Crippen LogP contribution < -0.4 is 0 Å². The number of allylic oxidation sites excluding steroid dienone is 1. The molecule has 4 rings (SSSR count). The van der Waals surface area contributed by atoms with Gasteiger partial charge in [-0.15, -0.1) is 0 Å². The summed E-state index contributed by atoms with van der Waals surface area (Å²) in [7, 11) is 0. The van der Waals surface area contributed by atoms with Gasteiger partial charge < -0.3 is 0 Å². The number of hydrogen-bond donors (Lipinski definition) is 0. The Hall–Kier alpha value is -0.920. The lowest BCUT2D eigenvalue weighted by molar-refractivity contribution is -0.128. The molecule has 126 valence electrons. The van der Waals surface area contributed by atoms with Gasteiger partial charge in [0.25, 0.3) is 0 Å². The van der Waals surface area contributed by atoms with E-state index in [2.05, 4.69) is 13.8 Å². The second-order valence-electron chi connectivity index (χ2n) is 9.07. The molecule has 7 atom stereocenters. The lowest BCUT2D eigenvalue weighted by atomic mass is 9.47. The molecule has 0 bridgehead atoms. The minimum absolute atomic E-state index is 0.0292. The summed E-state index contributed by atoms with van der Waals surface area (Å²) in [5.41, 5.74) is 1.57. The van der Waals surface area contributed by atoms with Crippen molar-refractivity contribution in [1.82, 2.24) is 0 Å². The van der Waals surface area contributed by atoms with Gasteiger partial charge in [-0.25, -0.2) is 0 Å². The van der Waals surface area contributed by atoms with Crippen LogP contribution >= 0.6 is 0 Å². The molecule has 0 aliphatic heterocycles. The number of ketones is 2. The molecule has 0 radical (unpaired) electrons. The Morgan fingerprint density at radius 2 is 1.96 bits per heavy atom. The average Bonchev–Trinajstić information content (AvgIpc) is 2.80. The van der Waals surface area contributed by atoms with Crippen molar-refractivity contribution in [1.29, 1.82) is 0 Å². The Labute approximate surface area is 141 Å². The van der Waals surface area contributed by atoms with Gasteiger partial charge in [0.15, 0.2) is 5.78 Å². The molecule has 2 heteroatoms. The van der Waals surface area contributed by atoms with Gasteiger partial charge in [-0.05, 0) is 86.5 Å². The first-order chi connectivity index (χ1) is 11.3. The van der Waals surface area contributed by atoms with Gasteiger partial charge >= 0.3 is 0 Å². The summed E-state index contributed by atoms with van der Waals surface area (Å²) >= 11 is 0. The lowest BCUT2D eigenvalue weighted by Crippen LogP contribution is -2.51. The van der Waals surface area contributed by atoms with Crippen LogP contribution in [0.3, 0.4) is 0 Å². The third-order valence-electron chi connectivity index (χ3n) is 8.17. The van der Waals surface area contributed by atoms with E-state index in [1.165, 1.54) is 5.57 Å². The highest BCUT2D eigenvalue weighted by Crippen LogP contribution is 2.66. The molecule has 0 aromatic rings. The van der Waals surface area contributed by atoms with Crippen LogP contribution in [-0.2, 0) is 9.59 Å². The highest BCUT2D eigenvalue weighted by molar-refractivity contribution is 5.91. The van der Waals surface area contributed by atoms with Gasteiger partial charge in [-0.3, -0.25) is 9.59 Å². The third kappa shape index (κ3) is 2.06. The van der Waals surface area contributed by atoms with Gasteiger partial charge in [-0.1, -0.05) is 19.4 Å². The van der Waals surface area contributed by atoms with Crippen molar-refractivity contribution in [3.63, 3.8) is 0 Å². The molecule has 0 aromatic carbocycles. The van der Waals surface area contributed by atoms with Crippen molar-refractivity contribution in [2.75, 3.05) is 0 Å². The van der Waals surface area contributed by atoms with Crippen LogP contribution in [0, 0.1) is 34.5 Å². The summed E-state index contributed by atoms with van der Waals surface area (Å²) < 4.78 is 8.74. The van der Waals surface area contributed by atoms with Gasteiger partial charge in [0.05, 0.1) is 0 Å². The molecule has 0 amide bonds. The monoisotopic (exact) mass is 315 g/mol. The predicted octanol–water partition coefficient (Wildman–Crippen LogP) is 4.72. The zero-order valence-electron chi connectivity index (χ0n) is 15.7. The molecule has 3 saturated carbocycles. The molecule has 0 unspecified atom stereocenters. The van der Waals surface area contributed by atoms with E-state index in [0.29, 0.717) is 35.7 Å². The predicted molar refractivity (Wildman–Crippen MR) is 90.9 cm³/mol. The SMILES string of the molecule is [2H][C@H]1C[C@H](C(C)=O)[C@@]2(C)CC[C@H]3[C@@H](CCC4=CC(=O)CC[C@@]43C)[C@H]12. The third-order valence-corrected chi connectivity index (χ3v) is 8.17. The van der Waals surface area contributed by atoms with E-state index in [1.807, 2.05) is 6.08 Å². The zero-order chi connectivity index (χ0) is 17.3. The lowest BCUT2D eigenvalue weighted by Gasteiger charge is -2.58. The van der Waals surface area contributed by atoms with E-state index in [0.717, 1.165) is 38.5 Å². The first kappa shape index (κ1) is 14.4. The van der Waals surface area contributed by atoms with Crippen LogP contribution in [-0.4, -0.2) is 11.6 Å². The fraction of sp³-hybridized carbons (Fsp3) is 0.810. The highest BCUT2D eigenvalue weighted by Gasteiger charge is 2.59. The van der Waals surface area contributed by atoms with Crippen LogP contribution in [0.5, 0.6) is 0 Å². The molecule has 0 heterocycles. The quantitative estimate of drug-likeness (QED) is 0.701. The summed E-state index contributed by atoms with van der Waals surface area (Å²) in [5, 5.41) is 0. The van der Waals surface area contributed by atoms with E-state index < -0.39 is 0 Å². The number of fused-ring (bicyclic) bond motifs is 5. The summed E-state index contributed by atoms with van der Waals surface area (Å²) in [6.07, 6.45) is 8.66. The summed E-state index contributed by atoms with van der Waals surface area (Å²) in [6.45, 7) is 6.40. The summed E-state index contributed by atoms with van der Waals surface area (Å²) in [4.78, 5) is 24.1. The average molecular weight is 315 g/mol. The molecule has 0 spiro atoms. The van der Waals surface area contributed by atoms with Crippen molar-refractivity contribution in [2.45, 2.75) is 72.1 Å². The van der Waals surface area contributed by atoms with Gasteiger partial charge in [0, 0.05) is 13.7 Å². The first-order valence-electron chi connectivity index (χ1n) is 10.0. The number of carbonyl (C=O) groups is 2. The largest absolute Gasteiger partial charge is 0.300 e. The molecule has 4 aliphatic carbocycles. The molecule has 0 saturated heterocycles. The molecule has 4 aliphatic rings. The minimum Gasteiger partial charge on any atom is -0.300 e. The Morgan fingerprint density at radius 3 is 2.70 bits per heavy atom. The van der Waals surface area contributed by atoms with Crippen LogP contribution in [0.25, 0.3) is 0 Å². The molecular formula is C21H30O2.